The second-order valence-corrected chi connectivity index (χ2v) is 19.1. The van der Waals surface area contributed by atoms with Crippen molar-refractivity contribution in [2.24, 2.45) is 18.9 Å². The van der Waals surface area contributed by atoms with Gasteiger partial charge in [-0.1, -0.05) is 41.4 Å². The van der Waals surface area contributed by atoms with Crippen LogP contribution in [-0.2, 0) is 56.9 Å². The fraction of sp³-hybridized carbons (Fsp3) is 0.412. The largest absolute Gasteiger partial charge is 0.457 e. The Hall–Kier alpha value is -5.67. The van der Waals surface area contributed by atoms with Crippen molar-refractivity contribution < 1.29 is 33.0 Å². The van der Waals surface area contributed by atoms with Crippen LogP contribution in [0.1, 0.15) is 60.9 Å². The zero-order chi connectivity index (χ0) is 48.0. The van der Waals surface area contributed by atoms with Gasteiger partial charge in [-0.15, -0.1) is 0 Å². The maximum absolute atomic E-state index is 16.4. The summed E-state index contributed by atoms with van der Waals surface area (Å²) in [4.78, 5) is 73.3. The number of imidazole rings is 1. The summed E-state index contributed by atoms with van der Waals surface area (Å²) in [5.74, 6) is -3.01. The number of hydrogen-bond donors (Lipinski definition) is 1. The Morgan fingerprint density at radius 2 is 1.70 bits per heavy atom. The van der Waals surface area contributed by atoms with Crippen molar-refractivity contribution in [1.29, 1.82) is 0 Å². The maximum Gasteiger partial charge on any atom is 0.226 e. The molecule has 13 nitrogen and oxygen atoms in total. The van der Waals surface area contributed by atoms with Crippen molar-refractivity contribution in [2.75, 3.05) is 40.9 Å². The van der Waals surface area contributed by atoms with Crippen LogP contribution in [0.3, 0.4) is 0 Å². The summed E-state index contributed by atoms with van der Waals surface area (Å²) in [5, 5.41) is 3.92. The number of carbonyl (C=O) groups is 4. The monoisotopic (exact) mass is 953 g/mol. The van der Waals surface area contributed by atoms with Gasteiger partial charge in [-0.25, -0.2) is 9.37 Å². The number of aryl methyl sites for hydroxylation is 1. The van der Waals surface area contributed by atoms with Crippen LogP contribution in [-0.4, -0.2) is 105 Å². The topological polar surface area (TPSA) is 139 Å². The third-order valence-corrected chi connectivity index (χ3v) is 13.2. The zero-order valence-corrected chi connectivity index (χ0v) is 40.4. The molecule has 1 N–H and O–H groups in total. The molecule has 354 valence electrons. The first-order valence-electron chi connectivity index (χ1n) is 22.5. The summed E-state index contributed by atoms with van der Waals surface area (Å²) < 4.78 is 30.2. The van der Waals surface area contributed by atoms with Gasteiger partial charge in [0, 0.05) is 79.1 Å². The van der Waals surface area contributed by atoms with Gasteiger partial charge < -0.3 is 34.1 Å². The summed E-state index contributed by atoms with van der Waals surface area (Å²) in [6, 6.07) is 21.5. The molecule has 2 aliphatic rings. The number of rotatable bonds is 13. The van der Waals surface area contributed by atoms with Crippen molar-refractivity contribution in [2.45, 2.75) is 77.0 Å². The van der Waals surface area contributed by atoms with E-state index in [1.165, 1.54) is 18.1 Å². The first kappa shape index (κ1) is 49.2. The summed E-state index contributed by atoms with van der Waals surface area (Å²) in [7, 11) is 7.36. The third kappa shape index (κ3) is 12.1. The minimum absolute atomic E-state index is 0.0278. The van der Waals surface area contributed by atoms with E-state index in [1.54, 1.807) is 42.3 Å². The highest BCUT2D eigenvalue weighted by Crippen LogP contribution is 2.35. The average Bonchev–Trinajstić information content (AvgIpc) is 3.64. The molecular formula is C51H58Cl2FN7O6. The number of aromatic nitrogens is 3. The number of carbonyl (C=O) groups excluding carboxylic acids is 4. The standard InChI is InChI=1S/C51H58Cl2FN7O6/c1-32-9-7-10-40(56-32)21-36-23-48(63)61(28-42-43(54)24-39(53)25-46(42)67-41-17-13-35(14-18-41)44-27-55-47(59(44)5)29-58(3)4)33(2)45(62)22-37(30-66-6)49(64)57-51(19-8-20-60(31-51)50(36)65)26-34-11-15-38(52)16-12-34/h7,9-18,24-25,27,33,36-37H,8,19-23,26,28-31H2,1-6H3,(H,57,64)/t33-,36+,37-,51+/m0/s1. The Bertz CT molecular complexity index is 2590. The molecule has 2 bridgehead atoms. The van der Waals surface area contributed by atoms with Crippen molar-refractivity contribution in [1.82, 2.24) is 34.6 Å². The van der Waals surface area contributed by atoms with Crippen LogP contribution in [0.15, 0.2) is 85.1 Å². The van der Waals surface area contributed by atoms with Crippen LogP contribution in [0, 0.1) is 24.6 Å². The number of Topliss-reactive ketones (excluding diaryl/α,β-unsaturated/α-hetero) is 1. The number of halogens is 3. The number of benzene rings is 3. The Labute approximate surface area is 401 Å². The predicted octanol–water partition coefficient (Wildman–Crippen LogP) is 8.01. The van der Waals surface area contributed by atoms with Crippen molar-refractivity contribution in [3.63, 3.8) is 0 Å². The average molecular weight is 955 g/mol. The highest BCUT2D eigenvalue weighted by atomic mass is 35.5. The number of hydrogen-bond acceptors (Lipinski definition) is 9. The molecule has 3 aromatic carbocycles. The molecule has 2 saturated heterocycles. The molecule has 0 unspecified atom stereocenters. The van der Waals surface area contributed by atoms with Gasteiger partial charge in [-0.3, -0.25) is 24.2 Å². The minimum atomic E-state index is -1.17. The fourth-order valence-corrected chi connectivity index (χ4v) is 9.50. The molecule has 2 aromatic heterocycles. The van der Waals surface area contributed by atoms with Gasteiger partial charge in [0.1, 0.15) is 23.1 Å². The Morgan fingerprint density at radius 3 is 2.40 bits per heavy atom. The quantitative estimate of drug-likeness (QED) is 0.124. The number of fused-ring (bicyclic) bond motifs is 2. The van der Waals surface area contributed by atoms with Gasteiger partial charge in [-0.05, 0) is 113 Å². The van der Waals surface area contributed by atoms with Crippen LogP contribution in [0.4, 0.5) is 4.39 Å². The van der Waals surface area contributed by atoms with Gasteiger partial charge in [0.05, 0.1) is 55.0 Å². The first-order chi connectivity index (χ1) is 32.0. The van der Waals surface area contributed by atoms with Gasteiger partial charge in [-0.2, -0.15) is 0 Å². The van der Waals surface area contributed by atoms with E-state index in [1.807, 2.05) is 80.0 Å². The van der Waals surface area contributed by atoms with E-state index in [-0.39, 0.29) is 54.7 Å². The molecule has 5 aromatic rings. The SMILES string of the molecule is COC[C@@H]1CC(=O)[C@H](C)N(Cc2c(F)cc(Cl)cc2Oc2ccc(-c3cnc(CN(C)C)n3C)cc2)C(=O)C[C@@H](Cc2cccc(C)n2)C(=O)N2CCC[C@@](Cc3ccc(Cl)cc3)(C2)NC1=O. The highest BCUT2D eigenvalue weighted by molar-refractivity contribution is 6.31. The van der Waals surface area contributed by atoms with Gasteiger partial charge in [0.15, 0.2) is 5.78 Å². The molecule has 2 aliphatic heterocycles. The number of nitrogens with zero attached hydrogens (tertiary/aromatic N) is 6. The van der Waals surface area contributed by atoms with Crippen LogP contribution >= 0.6 is 23.2 Å². The predicted molar refractivity (Wildman–Crippen MR) is 255 cm³/mol. The number of amides is 3. The summed E-state index contributed by atoms with van der Waals surface area (Å²) in [6.45, 7) is 4.15. The van der Waals surface area contributed by atoms with E-state index in [0.717, 1.165) is 34.4 Å². The lowest BCUT2D eigenvalue weighted by Gasteiger charge is -2.45. The molecule has 4 atom stereocenters. The van der Waals surface area contributed by atoms with Gasteiger partial charge in [0.2, 0.25) is 17.7 Å². The normalized spacial score (nSPS) is 20.8. The minimum Gasteiger partial charge on any atom is -0.457 e. The molecule has 0 spiro atoms. The zero-order valence-electron chi connectivity index (χ0n) is 38.9. The molecule has 0 radical (unpaired) electrons. The lowest BCUT2D eigenvalue weighted by atomic mass is 9.81. The number of piperidine rings is 1. The van der Waals surface area contributed by atoms with E-state index < -0.39 is 53.4 Å². The molecular weight excluding hydrogens is 897 g/mol. The van der Waals surface area contributed by atoms with Crippen LogP contribution in [0.5, 0.6) is 11.5 Å². The van der Waals surface area contributed by atoms with E-state index in [2.05, 4.69) is 15.3 Å². The van der Waals surface area contributed by atoms with Gasteiger partial charge >= 0.3 is 0 Å². The fourth-order valence-electron chi connectivity index (χ4n) is 9.18. The summed E-state index contributed by atoms with van der Waals surface area (Å²) >= 11 is 12.7. The Morgan fingerprint density at radius 1 is 0.955 bits per heavy atom. The maximum atomic E-state index is 16.4. The molecule has 0 aliphatic carbocycles. The molecule has 3 amide bonds. The summed E-state index contributed by atoms with van der Waals surface area (Å²) in [5.41, 5.74) is 3.13. The molecule has 7 rings (SSSR count). The third-order valence-electron chi connectivity index (χ3n) is 12.7. The van der Waals surface area contributed by atoms with Crippen molar-refractivity contribution in [3.8, 4) is 22.8 Å². The van der Waals surface area contributed by atoms with Gasteiger partial charge in [0.25, 0.3) is 0 Å². The number of ketones is 1. The smallest absolute Gasteiger partial charge is 0.226 e. The summed E-state index contributed by atoms with van der Waals surface area (Å²) in [6.07, 6.45) is 2.88. The number of ether oxygens (including phenoxy) is 2. The highest BCUT2D eigenvalue weighted by Gasteiger charge is 2.43. The Kier molecular flexibility index (Phi) is 15.8. The van der Waals surface area contributed by atoms with Crippen molar-refractivity contribution in [3.05, 3.63) is 129 Å². The molecule has 0 saturated carbocycles. The molecule has 16 heteroatoms. The van der Waals surface area contributed by atoms with Crippen LogP contribution < -0.4 is 10.1 Å². The van der Waals surface area contributed by atoms with E-state index >= 15 is 9.18 Å². The number of pyridine rings is 1. The second kappa shape index (κ2) is 21.5. The lowest BCUT2D eigenvalue weighted by Crippen LogP contribution is -2.63. The van der Waals surface area contributed by atoms with E-state index in [9.17, 15) is 14.4 Å². The van der Waals surface area contributed by atoms with E-state index in [0.29, 0.717) is 48.8 Å². The Balaban J connectivity index is 1.24. The van der Waals surface area contributed by atoms with Crippen LogP contribution in [0.2, 0.25) is 10.0 Å². The number of nitrogens with one attached hydrogen (secondary N) is 1. The molecule has 4 heterocycles. The first-order valence-corrected chi connectivity index (χ1v) is 23.3. The molecule has 67 heavy (non-hydrogen) atoms. The number of methoxy groups -OCH3 is 1. The lowest BCUT2D eigenvalue weighted by molar-refractivity contribution is -0.147. The van der Waals surface area contributed by atoms with Crippen molar-refractivity contribution >= 4 is 46.7 Å². The second-order valence-electron chi connectivity index (χ2n) is 18.2. The van der Waals surface area contributed by atoms with E-state index in [4.69, 9.17) is 32.7 Å². The van der Waals surface area contributed by atoms with Crippen LogP contribution in [0.25, 0.3) is 11.3 Å². The molecule has 2 fully saturated rings.